The molecule has 0 spiro atoms. The van der Waals surface area contributed by atoms with Gasteiger partial charge >= 0.3 is 0 Å². The second-order valence-corrected chi connectivity index (χ2v) is 14.0. The van der Waals surface area contributed by atoms with Crippen molar-refractivity contribution < 1.29 is 38.8 Å². The number of rotatable bonds is 8. The minimum Gasteiger partial charge on any atom is -0.512 e. The van der Waals surface area contributed by atoms with Crippen LogP contribution in [0.4, 0.5) is 0 Å². The molecule has 6 aromatic rings. The molecule has 7 heteroatoms. The molecule has 7 rings (SSSR count). The number of furan rings is 2. The van der Waals surface area contributed by atoms with E-state index in [2.05, 4.69) is 48.1 Å². The first-order valence-corrected chi connectivity index (χ1v) is 17.1. The molecule has 1 aliphatic rings. The molecule has 1 aliphatic carbocycles. The summed E-state index contributed by atoms with van der Waals surface area (Å²) in [6.45, 7) is 16.6. The summed E-state index contributed by atoms with van der Waals surface area (Å²) in [5, 5.41) is 12.3. The summed E-state index contributed by atoms with van der Waals surface area (Å²) in [6, 6.07) is 23.7. The Balaban J connectivity index is 0.000000226. The smallest absolute Gasteiger partial charge is 0.164 e. The Hall–Kier alpha value is -4.06. The molecular formula is C42H45IrN2O4-. The number of aromatic nitrogens is 2. The summed E-state index contributed by atoms with van der Waals surface area (Å²) in [5.41, 5.74) is 7.54. The van der Waals surface area contributed by atoms with Crippen LogP contribution in [0.3, 0.4) is 0 Å². The Bertz CT molecular complexity index is 2180. The maximum atomic E-state index is 12.2. The third-order valence-corrected chi connectivity index (χ3v) is 11.1. The number of allylic oxidation sites excluding steroid dienone is 2. The van der Waals surface area contributed by atoms with Crippen LogP contribution in [0.15, 0.2) is 87.7 Å². The normalized spacial score (nSPS) is 13.9. The van der Waals surface area contributed by atoms with Gasteiger partial charge in [-0.15, -0.1) is 29.3 Å². The van der Waals surface area contributed by atoms with E-state index in [1.165, 1.54) is 11.6 Å². The number of aliphatic hydroxyl groups excluding tert-OH is 1. The maximum Gasteiger partial charge on any atom is 0.164 e. The number of para-hydroxylation sites is 2. The first-order chi connectivity index (χ1) is 22.9. The fraction of sp³-hybridized carbons (Fsp3) is 0.357. The fourth-order valence-electron chi connectivity index (χ4n) is 6.89. The number of carbonyl (C=O) groups is 1. The van der Waals surface area contributed by atoms with Crippen molar-refractivity contribution in [2.75, 3.05) is 0 Å². The van der Waals surface area contributed by atoms with E-state index in [1.54, 1.807) is 6.33 Å². The molecule has 49 heavy (non-hydrogen) atoms. The van der Waals surface area contributed by atoms with Crippen molar-refractivity contribution in [3.63, 3.8) is 0 Å². The summed E-state index contributed by atoms with van der Waals surface area (Å²) in [4.78, 5) is 21.4. The van der Waals surface area contributed by atoms with E-state index in [0.717, 1.165) is 81.3 Å². The third-order valence-electron chi connectivity index (χ3n) is 11.1. The number of carbonyl (C=O) groups excluding carboxylic acids is 1. The van der Waals surface area contributed by atoms with Crippen LogP contribution < -0.4 is 0 Å². The molecule has 3 heterocycles. The van der Waals surface area contributed by atoms with Gasteiger partial charge in [0.15, 0.2) is 5.78 Å². The largest absolute Gasteiger partial charge is 0.512 e. The quantitative estimate of drug-likeness (QED) is 0.0933. The van der Waals surface area contributed by atoms with Gasteiger partial charge < -0.3 is 13.9 Å². The number of ketones is 1. The summed E-state index contributed by atoms with van der Waals surface area (Å²) >= 11 is 0. The number of aliphatic hydroxyl groups is 1. The molecule has 1 radical (unpaired) electrons. The van der Waals surface area contributed by atoms with E-state index in [4.69, 9.17) is 8.83 Å². The molecule has 0 atom stereocenters. The van der Waals surface area contributed by atoms with Crippen molar-refractivity contribution in [3.05, 3.63) is 96.0 Å². The molecule has 257 valence electrons. The van der Waals surface area contributed by atoms with Gasteiger partial charge in [-0.3, -0.25) is 9.78 Å². The molecule has 0 unspecified atom stereocenters. The monoisotopic (exact) mass is 834 g/mol. The molecule has 0 saturated heterocycles. The van der Waals surface area contributed by atoms with Gasteiger partial charge in [0.2, 0.25) is 0 Å². The summed E-state index contributed by atoms with van der Waals surface area (Å²) in [7, 11) is 0. The first-order valence-electron chi connectivity index (χ1n) is 17.1. The van der Waals surface area contributed by atoms with Crippen LogP contribution in [0.5, 0.6) is 0 Å². The second-order valence-electron chi connectivity index (χ2n) is 14.0. The zero-order chi connectivity index (χ0) is 34.4. The van der Waals surface area contributed by atoms with Crippen LogP contribution in [0.2, 0.25) is 0 Å². The summed E-state index contributed by atoms with van der Waals surface area (Å²) < 4.78 is 12.6. The van der Waals surface area contributed by atoms with Crippen LogP contribution in [0.25, 0.3) is 55.6 Å². The zero-order valence-corrected chi connectivity index (χ0v) is 32.1. The van der Waals surface area contributed by atoms with Gasteiger partial charge in [0, 0.05) is 59.0 Å². The molecule has 0 amide bonds. The predicted octanol–water partition coefficient (Wildman–Crippen LogP) is 11.5. The Kier molecular flexibility index (Phi) is 10.1. The van der Waals surface area contributed by atoms with Crippen molar-refractivity contribution in [1.29, 1.82) is 0 Å². The van der Waals surface area contributed by atoms with Crippen LogP contribution >= 0.6 is 0 Å². The third kappa shape index (κ3) is 5.95. The molecule has 0 bridgehead atoms. The van der Waals surface area contributed by atoms with Crippen molar-refractivity contribution in [2.24, 2.45) is 10.8 Å². The van der Waals surface area contributed by atoms with E-state index < -0.39 is 0 Å². The van der Waals surface area contributed by atoms with E-state index in [-0.39, 0.29) is 47.9 Å². The van der Waals surface area contributed by atoms with Gasteiger partial charge in [-0.05, 0) is 49.3 Å². The second kappa shape index (κ2) is 13.7. The minimum atomic E-state index is -0.337. The van der Waals surface area contributed by atoms with Crippen molar-refractivity contribution in [2.45, 2.75) is 86.5 Å². The van der Waals surface area contributed by atoms with Gasteiger partial charge in [-0.1, -0.05) is 91.3 Å². The SMILES string of the molecule is CC1(C)c2c(-c3ncnc4c3oc3ccccc34)[c-]ccc2-c2oc3ccccc3c21.CCC(C)(CC)C(=O)/C=C(\O)C(C)(CC)CC.[Ir]. The topological polar surface area (TPSA) is 89.4 Å². The molecule has 6 nitrogen and oxygen atoms in total. The van der Waals surface area contributed by atoms with Gasteiger partial charge in [0.05, 0.1) is 0 Å². The van der Waals surface area contributed by atoms with Crippen molar-refractivity contribution >= 4 is 38.8 Å². The standard InChI is InChI=1S/C27H17N2O2.C15H28O2.Ir/c1-27(2)21-17(24-26-23(28-14-29-24)16-9-4-6-13-20(16)31-26)10-7-11-18(21)25-22(27)15-8-3-5-12-19(15)30-25;1-7-14(5,8-2)12(16)11-13(17)15(6,9-3)10-4;/h3-9,11-14H,1-2H3;11,16H,7-10H2,1-6H3;/q-1;;/b;12-11-;. The van der Waals surface area contributed by atoms with Crippen LogP contribution in [-0.4, -0.2) is 20.9 Å². The van der Waals surface area contributed by atoms with Gasteiger partial charge in [0.25, 0.3) is 0 Å². The van der Waals surface area contributed by atoms with Crippen molar-refractivity contribution in [3.8, 4) is 22.6 Å². The molecule has 1 N–H and O–H groups in total. The first kappa shape index (κ1) is 36.2. The van der Waals surface area contributed by atoms with Crippen LogP contribution in [0, 0.1) is 16.9 Å². The molecule has 0 aliphatic heterocycles. The maximum absolute atomic E-state index is 12.2. The van der Waals surface area contributed by atoms with E-state index in [9.17, 15) is 9.90 Å². The number of hydrogen-bond acceptors (Lipinski definition) is 6. The number of fused-ring (bicyclic) bond motifs is 8. The Labute approximate surface area is 302 Å². The zero-order valence-electron chi connectivity index (χ0n) is 29.7. The van der Waals surface area contributed by atoms with E-state index >= 15 is 0 Å². The average Bonchev–Trinajstić information content (AvgIpc) is 3.76. The van der Waals surface area contributed by atoms with E-state index in [1.807, 2.05) is 84.0 Å². The van der Waals surface area contributed by atoms with Crippen LogP contribution in [-0.2, 0) is 30.3 Å². The van der Waals surface area contributed by atoms with Gasteiger partial charge in [-0.2, -0.15) is 0 Å². The number of benzene rings is 3. The Morgan fingerprint density at radius 1 is 0.837 bits per heavy atom. The number of hydrogen-bond donors (Lipinski definition) is 1. The minimum absolute atomic E-state index is 0. The molecule has 0 fully saturated rings. The Morgan fingerprint density at radius 2 is 1.43 bits per heavy atom. The summed E-state index contributed by atoms with van der Waals surface area (Å²) in [5.74, 6) is 1.22. The Morgan fingerprint density at radius 3 is 2.06 bits per heavy atom. The fourth-order valence-corrected chi connectivity index (χ4v) is 6.89. The predicted molar refractivity (Wildman–Crippen MR) is 194 cm³/mol. The van der Waals surface area contributed by atoms with Gasteiger partial charge in [0.1, 0.15) is 40.1 Å². The van der Waals surface area contributed by atoms with Gasteiger partial charge in [-0.25, -0.2) is 4.98 Å². The number of nitrogens with zero attached hydrogens (tertiary/aromatic N) is 2. The molecule has 3 aromatic carbocycles. The van der Waals surface area contributed by atoms with E-state index in [0.29, 0.717) is 5.58 Å². The summed E-state index contributed by atoms with van der Waals surface area (Å²) in [6.07, 6.45) is 6.37. The molecule has 0 saturated carbocycles. The molecule has 3 aromatic heterocycles. The van der Waals surface area contributed by atoms with Crippen molar-refractivity contribution in [1.82, 2.24) is 9.97 Å². The molecular weight excluding hydrogens is 789 g/mol. The average molecular weight is 834 g/mol. The van der Waals surface area contributed by atoms with Crippen LogP contribution in [0.1, 0.15) is 92.2 Å².